The third kappa shape index (κ3) is 2.85. The summed E-state index contributed by atoms with van der Waals surface area (Å²) in [5, 5.41) is 2.29. The predicted octanol–water partition coefficient (Wildman–Crippen LogP) is 1.02. The molecule has 2 heterocycles. The Morgan fingerprint density at radius 1 is 1.25 bits per heavy atom. The molecule has 1 N–H and O–H groups in total. The van der Waals surface area contributed by atoms with E-state index in [0.717, 1.165) is 5.56 Å². The third-order valence-electron chi connectivity index (χ3n) is 2.22. The Kier molecular flexibility index (Phi) is 4.57. The highest BCUT2D eigenvalue weighted by Crippen LogP contribution is 2.22. The molecule has 0 aromatic carbocycles. The normalized spacial score (nSPS) is 19.5. The lowest BCUT2D eigenvalue weighted by Gasteiger charge is -2.20. The number of nitrogens with one attached hydrogen (secondary N) is 1. The lowest BCUT2D eigenvalue weighted by atomic mass is 9.93. The maximum atomic E-state index is 11.4. The quantitative estimate of drug-likeness (QED) is 0.719. The number of rotatable bonds is 1. The van der Waals surface area contributed by atoms with Crippen LogP contribution in [0.1, 0.15) is 38.2 Å². The topological polar surface area (TPSA) is 72.0 Å². The average Bonchev–Trinajstić information content (AvgIpc) is 2.33. The van der Waals surface area contributed by atoms with Gasteiger partial charge in [-0.2, -0.15) is 0 Å². The van der Waals surface area contributed by atoms with Gasteiger partial charge in [0.2, 0.25) is 11.8 Å². The van der Waals surface area contributed by atoms with Gasteiger partial charge in [-0.15, -0.1) is 0 Å². The van der Waals surface area contributed by atoms with Gasteiger partial charge < -0.3 is 0 Å². The number of hydrogen-bond acceptors (Lipinski definition) is 4. The van der Waals surface area contributed by atoms with Crippen molar-refractivity contribution in [3.8, 4) is 0 Å². The fourth-order valence-corrected chi connectivity index (χ4v) is 1.50. The molecule has 1 saturated heterocycles. The molecule has 5 heteroatoms. The van der Waals surface area contributed by atoms with Crippen LogP contribution >= 0.6 is 0 Å². The van der Waals surface area contributed by atoms with E-state index in [1.807, 2.05) is 13.8 Å². The largest absolute Gasteiger partial charge is 0.296 e. The van der Waals surface area contributed by atoms with E-state index in [0.29, 0.717) is 12.8 Å². The van der Waals surface area contributed by atoms with Crippen molar-refractivity contribution < 1.29 is 9.59 Å². The monoisotopic (exact) mass is 221 g/mol. The minimum Gasteiger partial charge on any atom is -0.296 e. The summed E-state index contributed by atoms with van der Waals surface area (Å²) in [4.78, 5) is 30.0. The van der Waals surface area contributed by atoms with Gasteiger partial charge in [-0.3, -0.25) is 14.9 Å². The zero-order valence-corrected chi connectivity index (χ0v) is 9.43. The number of carbonyl (C=O) groups excluding carboxylic acids is 2. The second kappa shape index (κ2) is 5.95. The fraction of sp³-hybridized carbons (Fsp3) is 0.455. The molecule has 0 spiro atoms. The summed E-state index contributed by atoms with van der Waals surface area (Å²) in [5.41, 5.74) is 0.762. The Hall–Kier alpha value is -1.78. The molecule has 0 saturated carbocycles. The molecule has 1 atom stereocenters. The van der Waals surface area contributed by atoms with Crippen LogP contribution in [0.5, 0.6) is 0 Å². The third-order valence-corrected chi connectivity index (χ3v) is 2.22. The van der Waals surface area contributed by atoms with Gasteiger partial charge in [-0.05, 0) is 6.42 Å². The average molecular weight is 221 g/mol. The Labute approximate surface area is 94.3 Å². The van der Waals surface area contributed by atoms with Gasteiger partial charge in [0.05, 0.1) is 5.92 Å². The first-order valence-electron chi connectivity index (χ1n) is 5.36. The van der Waals surface area contributed by atoms with Crippen molar-refractivity contribution >= 4 is 11.8 Å². The number of carbonyl (C=O) groups is 2. The maximum absolute atomic E-state index is 11.4. The second-order valence-electron chi connectivity index (χ2n) is 3.18. The van der Waals surface area contributed by atoms with Gasteiger partial charge in [0.25, 0.3) is 0 Å². The highest BCUT2D eigenvalue weighted by atomic mass is 16.2. The lowest BCUT2D eigenvalue weighted by Crippen LogP contribution is -2.39. The minimum atomic E-state index is -0.283. The molecule has 0 radical (unpaired) electrons. The zero-order valence-electron chi connectivity index (χ0n) is 9.43. The van der Waals surface area contributed by atoms with Crippen molar-refractivity contribution in [2.24, 2.45) is 0 Å². The molecule has 5 nitrogen and oxygen atoms in total. The predicted molar refractivity (Wildman–Crippen MR) is 58.5 cm³/mol. The first kappa shape index (κ1) is 12.3. The van der Waals surface area contributed by atoms with Crippen LogP contribution in [0.4, 0.5) is 0 Å². The van der Waals surface area contributed by atoms with Crippen LogP contribution in [0.25, 0.3) is 0 Å². The molecule has 2 rings (SSSR count). The SMILES string of the molecule is CC.O=C1CCC(c2cncnc2)C(=O)N1. The molecule has 1 aliphatic heterocycles. The summed E-state index contributed by atoms with van der Waals surface area (Å²) in [7, 11) is 0. The van der Waals surface area contributed by atoms with Crippen molar-refractivity contribution in [2.45, 2.75) is 32.6 Å². The van der Waals surface area contributed by atoms with Crippen LogP contribution < -0.4 is 5.32 Å². The van der Waals surface area contributed by atoms with Crippen LogP contribution in [-0.4, -0.2) is 21.8 Å². The number of nitrogens with zero attached hydrogens (tertiary/aromatic N) is 2. The molecule has 1 aliphatic rings. The maximum Gasteiger partial charge on any atom is 0.234 e. The molecule has 1 aromatic rings. The van der Waals surface area contributed by atoms with E-state index < -0.39 is 0 Å². The van der Waals surface area contributed by atoms with E-state index in [1.54, 1.807) is 12.4 Å². The molecule has 2 amide bonds. The zero-order chi connectivity index (χ0) is 12.0. The first-order valence-corrected chi connectivity index (χ1v) is 5.36. The Morgan fingerprint density at radius 3 is 2.44 bits per heavy atom. The summed E-state index contributed by atoms with van der Waals surface area (Å²) in [6.45, 7) is 4.00. The highest BCUT2D eigenvalue weighted by Gasteiger charge is 2.27. The fourth-order valence-electron chi connectivity index (χ4n) is 1.50. The van der Waals surface area contributed by atoms with Crippen molar-refractivity contribution in [3.63, 3.8) is 0 Å². The van der Waals surface area contributed by atoms with Crippen molar-refractivity contribution in [1.29, 1.82) is 0 Å². The number of hydrogen-bond donors (Lipinski definition) is 1. The Balaban J connectivity index is 0.000000606. The van der Waals surface area contributed by atoms with Crippen LogP contribution in [-0.2, 0) is 9.59 Å². The van der Waals surface area contributed by atoms with E-state index in [9.17, 15) is 9.59 Å². The number of imide groups is 1. The molecular formula is C11H15N3O2. The summed E-state index contributed by atoms with van der Waals surface area (Å²) in [6, 6.07) is 0. The van der Waals surface area contributed by atoms with Gasteiger partial charge in [0, 0.05) is 24.4 Å². The first-order chi connectivity index (χ1) is 7.77. The molecule has 0 aliphatic carbocycles. The summed E-state index contributed by atoms with van der Waals surface area (Å²) in [5.74, 6) is -0.743. The van der Waals surface area contributed by atoms with Gasteiger partial charge >= 0.3 is 0 Å². The Bertz CT molecular complexity index is 365. The number of amides is 2. The second-order valence-corrected chi connectivity index (χ2v) is 3.18. The molecule has 1 unspecified atom stereocenters. The van der Waals surface area contributed by atoms with Crippen molar-refractivity contribution in [3.05, 3.63) is 24.3 Å². The molecule has 1 fully saturated rings. The molecule has 86 valence electrons. The van der Waals surface area contributed by atoms with Gasteiger partial charge in [0.15, 0.2) is 0 Å². The lowest BCUT2D eigenvalue weighted by molar-refractivity contribution is -0.134. The van der Waals surface area contributed by atoms with Crippen molar-refractivity contribution in [1.82, 2.24) is 15.3 Å². The number of aromatic nitrogens is 2. The van der Waals surface area contributed by atoms with Crippen LogP contribution in [0.3, 0.4) is 0 Å². The summed E-state index contributed by atoms with van der Waals surface area (Å²) in [6.07, 6.45) is 5.54. The van der Waals surface area contributed by atoms with Gasteiger partial charge in [-0.25, -0.2) is 9.97 Å². The smallest absolute Gasteiger partial charge is 0.234 e. The van der Waals surface area contributed by atoms with Crippen molar-refractivity contribution in [2.75, 3.05) is 0 Å². The van der Waals surface area contributed by atoms with E-state index in [2.05, 4.69) is 15.3 Å². The summed E-state index contributed by atoms with van der Waals surface area (Å²) >= 11 is 0. The minimum absolute atomic E-state index is 0.205. The molecule has 1 aromatic heterocycles. The van der Waals surface area contributed by atoms with E-state index in [-0.39, 0.29) is 17.7 Å². The van der Waals surface area contributed by atoms with Crippen LogP contribution in [0, 0.1) is 0 Å². The Morgan fingerprint density at radius 2 is 1.88 bits per heavy atom. The molecule has 0 bridgehead atoms. The van der Waals surface area contributed by atoms with Gasteiger partial charge in [-0.1, -0.05) is 13.8 Å². The highest BCUT2D eigenvalue weighted by molar-refractivity contribution is 6.00. The van der Waals surface area contributed by atoms with E-state index in [4.69, 9.17) is 0 Å². The summed E-state index contributed by atoms with van der Waals surface area (Å²) < 4.78 is 0. The van der Waals surface area contributed by atoms with E-state index >= 15 is 0 Å². The van der Waals surface area contributed by atoms with E-state index in [1.165, 1.54) is 6.33 Å². The van der Waals surface area contributed by atoms with Gasteiger partial charge in [0.1, 0.15) is 6.33 Å². The molecular weight excluding hydrogens is 206 g/mol. The van der Waals surface area contributed by atoms with Crippen LogP contribution in [0.15, 0.2) is 18.7 Å². The standard InChI is InChI=1S/C9H9N3O2.C2H6/c13-8-2-1-7(9(14)12-8)6-3-10-5-11-4-6;1-2/h3-5,7H,1-2H2,(H,12,13,14);1-2H3. The molecule has 16 heavy (non-hydrogen) atoms. The number of piperidine rings is 1. The van der Waals surface area contributed by atoms with Crippen LogP contribution in [0.2, 0.25) is 0 Å².